The lowest BCUT2D eigenvalue weighted by Crippen LogP contribution is -2.46. The van der Waals surface area contributed by atoms with Gasteiger partial charge in [-0.05, 0) is 54.6 Å². The van der Waals surface area contributed by atoms with Gasteiger partial charge in [0.1, 0.15) is 12.7 Å². The van der Waals surface area contributed by atoms with Crippen LogP contribution in [0.4, 0.5) is 0 Å². The number of thiophene rings is 1. The van der Waals surface area contributed by atoms with E-state index in [1.165, 1.54) is 60.5 Å². The Labute approximate surface area is 174 Å². The summed E-state index contributed by atoms with van der Waals surface area (Å²) in [5, 5.41) is 11.3. The maximum absolute atomic E-state index is 3.91. The summed E-state index contributed by atoms with van der Waals surface area (Å²) in [7, 11) is 0. The molecule has 0 amide bonds. The molecule has 0 aliphatic carbocycles. The Morgan fingerprint density at radius 2 is 1.83 bits per heavy atom. The van der Waals surface area contributed by atoms with Gasteiger partial charge in [0.25, 0.3) is 0 Å². The van der Waals surface area contributed by atoms with Crippen LogP contribution < -0.4 is 0 Å². The van der Waals surface area contributed by atoms with E-state index in [1.54, 1.807) is 12.7 Å². The molecule has 4 heterocycles. The predicted molar refractivity (Wildman–Crippen MR) is 118 cm³/mol. The van der Waals surface area contributed by atoms with Gasteiger partial charge in [-0.3, -0.25) is 9.47 Å². The summed E-state index contributed by atoms with van der Waals surface area (Å²) in [5.74, 6) is 0. The first-order valence-corrected chi connectivity index (χ1v) is 11.2. The van der Waals surface area contributed by atoms with E-state index in [0.717, 1.165) is 18.7 Å². The van der Waals surface area contributed by atoms with Gasteiger partial charge in [-0.2, -0.15) is 0 Å². The largest absolute Gasteiger partial charge is 0.361 e. The van der Waals surface area contributed by atoms with Crippen molar-refractivity contribution in [1.82, 2.24) is 29.5 Å². The molecule has 150 valence electrons. The van der Waals surface area contributed by atoms with E-state index in [4.69, 9.17) is 0 Å². The summed E-state index contributed by atoms with van der Waals surface area (Å²) in [6.07, 6.45) is 7.94. The lowest BCUT2D eigenvalue weighted by molar-refractivity contribution is 0.127. The number of aromatic amines is 1. The Hall–Kier alpha value is -2.48. The minimum absolute atomic E-state index is 1.10. The van der Waals surface area contributed by atoms with E-state index in [2.05, 4.69) is 66.9 Å². The standard InChI is InChI=1S/C22H26N6S/c1(7-26-8-10-27(11-9-26)15-20-4-2-12-29-20)3-18-14-23-22-6-5-19(13-21(18)22)28-16-24-25-17-28/h2,4-6,12-14,16-17,23H,1,3,7-11,15H2. The summed E-state index contributed by atoms with van der Waals surface area (Å²) < 4.78 is 1.95. The Morgan fingerprint density at radius 3 is 2.62 bits per heavy atom. The van der Waals surface area contributed by atoms with Gasteiger partial charge in [-0.1, -0.05) is 6.07 Å². The quantitative estimate of drug-likeness (QED) is 0.510. The SMILES string of the molecule is c1csc(CN2CCN(CCCc3c[nH]c4ccc(-n5cnnc5)cc34)CC2)c1. The second kappa shape index (κ2) is 8.49. The third-order valence-electron chi connectivity index (χ3n) is 5.81. The number of hydrogen-bond donors (Lipinski definition) is 1. The van der Waals surface area contributed by atoms with Crippen molar-refractivity contribution in [1.29, 1.82) is 0 Å². The lowest BCUT2D eigenvalue weighted by atomic mass is 10.1. The molecular formula is C22H26N6S. The fourth-order valence-electron chi connectivity index (χ4n) is 4.15. The van der Waals surface area contributed by atoms with E-state index in [0.29, 0.717) is 0 Å². The molecule has 1 aliphatic rings. The van der Waals surface area contributed by atoms with Crippen molar-refractivity contribution in [2.75, 3.05) is 32.7 Å². The van der Waals surface area contributed by atoms with Gasteiger partial charge < -0.3 is 9.88 Å². The van der Waals surface area contributed by atoms with E-state index in [1.807, 2.05) is 15.9 Å². The monoisotopic (exact) mass is 406 g/mol. The minimum atomic E-state index is 1.10. The van der Waals surface area contributed by atoms with Crippen molar-refractivity contribution in [2.45, 2.75) is 19.4 Å². The average molecular weight is 407 g/mol. The summed E-state index contributed by atoms with van der Waals surface area (Å²) in [5.41, 5.74) is 3.69. The molecule has 0 unspecified atom stereocenters. The van der Waals surface area contributed by atoms with Crippen molar-refractivity contribution in [3.8, 4) is 5.69 Å². The molecule has 0 atom stereocenters. The molecule has 0 saturated carbocycles. The minimum Gasteiger partial charge on any atom is -0.361 e. The Morgan fingerprint density at radius 1 is 1.00 bits per heavy atom. The highest BCUT2D eigenvalue weighted by Crippen LogP contribution is 2.23. The first kappa shape index (κ1) is 18.5. The van der Waals surface area contributed by atoms with E-state index in [-0.39, 0.29) is 0 Å². The first-order valence-electron chi connectivity index (χ1n) is 10.3. The molecule has 1 N–H and O–H groups in total. The summed E-state index contributed by atoms with van der Waals surface area (Å²) in [4.78, 5) is 10.1. The Bertz CT molecular complexity index is 1030. The van der Waals surface area contributed by atoms with Gasteiger partial charge in [0, 0.05) is 60.4 Å². The number of fused-ring (bicyclic) bond motifs is 1. The zero-order valence-corrected chi connectivity index (χ0v) is 17.3. The number of piperazine rings is 1. The fraction of sp³-hybridized carbons (Fsp3) is 0.364. The van der Waals surface area contributed by atoms with Crippen LogP contribution in [-0.2, 0) is 13.0 Å². The molecule has 0 bridgehead atoms. The van der Waals surface area contributed by atoms with E-state index >= 15 is 0 Å². The molecular weight excluding hydrogens is 380 g/mol. The van der Waals surface area contributed by atoms with Gasteiger partial charge in [0.05, 0.1) is 0 Å². The molecule has 5 rings (SSSR count). The molecule has 1 fully saturated rings. The normalized spacial score (nSPS) is 16.0. The van der Waals surface area contributed by atoms with Crippen LogP contribution in [0.5, 0.6) is 0 Å². The van der Waals surface area contributed by atoms with E-state index in [9.17, 15) is 0 Å². The molecule has 1 saturated heterocycles. The highest BCUT2D eigenvalue weighted by Gasteiger charge is 2.17. The van der Waals surface area contributed by atoms with Crippen molar-refractivity contribution in [2.24, 2.45) is 0 Å². The number of benzene rings is 1. The zero-order chi connectivity index (χ0) is 19.5. The second-order valence-corrected chi connectivity index (χ2v) is 8.75. The number of hydrogen-bond acceptors (Lipinski definition) is 5. The number of nitrogens with one attached hydrogen (secondary N) is 1. The topological polar surface area (TPSA) is 53.0 Å². The van der Waals surface area contributed by atoms with Gasteiger partial charge in [0.15, 0.2) is 0 Å². The van der Waals surface area contributed by atoms with Crippen LogP contribution in [0.15, 0.2) is 54.6 Å². The van der Waals surface area contributed by atoms with Crippen molar-refractivity contribution in [3.63, 3.8) is 0 Å². The lowest BCUT2D eigenvalue weighted by Gasteiger charge is -2.34. The molecule has 0 radical (unpaired) electrons. The number of nitrogens with zero attached hydrogens (tertiary/aromatic N) is 5. The Balaban J connectivity index is 1.14. The molecule has 6 nitrogen and oxygen atoms in total. The summed E-state index contributed by atoms with van der Waals surface area (Å²) >= 11 is 1.86. The maximum Gasteiger partial charge on any atom is 0.123 e. The van der Waals surface area contributed by atoms with Crippen molar-refractivity contribution in [3.05, 3.63) is 65.0 Å². The maximum atomic E-state index is 3.91. The molecule has 1 aliphatic heterocycles. The summed E-state index contributed by atoms with van der Waals surface area (Å²) in [6.45, 7) is 6.98. The molecule has 4 aromatic rings. The van der Waals surface area contributed by atoms with Crippen LogP contribution in [0.25, 0.3) is 16.6 Å². The van der Waals surface area contributed by atoms with Crippen LogP contribution in [0.2, 0.25) is 0 Å². The highest BCUT2D eigenvalue weighted by molar-refractivity contribution is 7.09. The fourth-order valence-corrected chi connectivity index (χ4v) is 4.90. The van der Waals surface area contributed by atoms with Crippen LogP contribution in [-0.4, -0.2) is 62.3 Å². The highest BCUT2D eigenvalue weighted by atomic mass is 32.1. The Kier molecular flexibility index (Phi) is 5.43. The van der Waals surface area contributed by atoms with E-state index < -0.39 is 0 Å². The number of rotatable bonds is 7. The summed E-state index contributed by atoms with van der Waals surface area (Å²) in [6, 6.07) is 10.9. The first-order chi connectivity index (χ1) is 14.3. The van der Waals surface area contributed by atoms with Gasteiger partial charge in [-0.15, -0.1) is 21.5 Å². The predicted octanol–water partition coefficient (Wildman–Crippen LogP) is 3.56. The average Bonchev–Trinajstić information content (AvgIpc) is 3.51. The van der Waals surface area contributed by atoms with Gasteiger partial charge >= 0.3 is 0 Å². The second-order valence-electron chi connectivity index (χ2n) is 7.71. The molecule has 1 aromatic carbocycles. The van der Waals surface area contributed by atoms with Crippen LogP contribution in [0.1, 0.15) is 16.9 Å². The van der Waals surface area contributed by atoms with Crippen molar-refractivity contribution >= 4 is 22.2 Å². The molecule has 29 heavy (non-hydrogen) atoms. The van der Waals surface area contributed by atoms with Crippen molar-refractivity contribution < 1.29 is 0 Å². The van der Waals surface area contributed by atoms with Crippen LogP contribution in [0.3, 0.4) is 0 Å². The number of aromatic nitrogens is 4. The molecule has 3 aromatic heterocycles. The zero-order valence-electron chi connectivity index (χ0n) is 16.5. The van der Waals surface area contributed by atoms with Crippen LogP contribution in [0, 0.1) is 0 Å². The third-order valence-corrected chi connectivity index (χ3v) is 6.67. The number of aryl methyl sites for hydroxylation is 1. The van der Waals surface area contributed by atoms with Crippen LogP contribution >= 0.6 is 11.3 Å². The van der Waals surface area contributed by atoms with Gasteiger partial charge in [0.2, 0.25) is 0 Å². The van der Waals surface area contributed by atoms with Gasteiger partial charge in [-0.25, -0.2) is 0 Å². The molecule has 7 heteroatoms. The number of H-pyrrole nitrogens is 1. The third kappa shape index (κ3) is 4.27. The smallest absolute Gasteiger partial charge is 0.123 e. The molecule has 0 spiro atoms.